The molecule has 2 heterocycles. The van der Waals surface area contributed by atoms with Gasteiger partial charge in [0, 0.05) is 6.54 Å². The number of halogens is 4. The van der Waals surface area contributed by atoms with E-state index in [9.17, 15) is 22.4 Å². The van der Waals surface area contributed by atoms with Crippen molar-refractivity contribution in [3.8, 4) is 5.69 Å². The maximum atomic E-state index is 14.5. The third kappa shape index (κ3) is 5.52. The van der Waals surface area contributed by atoms with E-state index in [-0.39, 0.29) is 30.1 Å². The summed E-state index contributed by atoms with van der Waals surface area (Å²) in [5, 5.41) is 20.0. The second-order valence-electron chi connectivity index (χ2n) is 6.73. The molecule has 2 aromatic heterocycles. The number of aliphatic hydroxyl groups excluding tert-OH is 1. The number of benzene rings is 1. The van der Waals surface area contributed by atoms with E-state index in [0.717, 1.165) is 10.7 Å². The molecule has 0 spiro atoms. The Bertz CT molecular complexity index is 1080. The zero-order chi connectivity index (χ0) is 23.3. The number of aliphatic hydroxyl groups is 1. The van der Waals surface area contributed by atoms with Gasteiger partial charge in [0.25, 0.3) is 0 Å². The summed E-state index contributed by atoms with van der Waals surface area (Å²) in [6.45, 7) is 1.39. The van der Waals surface area contributed by atoms with Crippen LogP contribution in [0.5, 0.6) is 0 Å². The van der Waals surface area contributed by atoms with Crippen LogP contribution in [-0.4, -0.2) is 39.1 Å². The van der Waals surface area contributed by atoms with Crippen LogP contribution < -0.4 is 16.0 Å². The molecule has 0 aliphatic rings. The van der Waals surface area contributed by atoms with Crippen molar-refractivity contribution in [3.63, 3.8) is 0 Å². The fraction of sp³-hybridized carbons (Fsp3) is 0.250. The third-order valence-corrected chi connectivity index (χ3v) is 4.34. The number of anilines is 2. The monoisotopic (exact) mass is 452 g/mol. The fourth-order valence-corrected chi connectivity index (χ4v) is 2.79. The van der Waals surface area contributed by atoms with E-state index in [1.807, 2.05) is 0 Å². The predicted octanol–water partition coefficient (Wildman–Crippen LogP) is 3.46. The number of aryl methyl sites for hydroxylation is 1. The summed E-state index contributed by atoms with van der Waals surface area (Å²) in [6, 6.07) is 7.48. The Kier molecular flexibility index (Phi) is 6.93. The highest BCUT2D eigenvalue weighted by Gasteiger charge is 2.35. The minimum Gasteiger partial charge on any atom is -0.395 e. The lowest BCUT2D eigenvalue weighted by Crippen LogP contribution is -2.29. The van der Waals surface area contributed by atoms with Crippen molar-refractivity contribution in [2.75, 3.05) is 23.8 Å². The van der Waals surface area contributed by atoms with Crippen molar-refractivity contribution in [3.05, 3.63) is 65.4 Å². The Balaban J connectivity index is 1.74. The molecule has 4 N–H and O–H groups in total. The Labute approximate surface area is 180 Å². The van der Waals surface area contributed by atoms with Gasteiger partial charge in [0.1, 0.15) is 11.5 Å². The van der Waals surface area contributed by atoms with Crippen LogP contribution in [0.15, 0.2) is 42.6 Å². The second-order valence-corrected chi connectivity index (χ2v) is 6.73. The molecule has 8 nitrogen and oxygen atoms in total. The highest BCUT2D eigenvalue weighted by Crippen LogP contribution is 2.30. The molecule has 170 valence electrons. The number of pyridine rings is 1. The summed E-state index contributed by atoms with van der Waals surface area (Å²) in [5.41, 5.74) is -0.837. The summed E-state index contributed by atoms with van der Waals surface area (Å²) < 4.78 is 54.9. The van der Waals surface area contributed by atoms with E-state index < -0.39 is 23.7 Å². The first-order chi connectivity index (χ1) is 15.2. The highest BCUT2D eigenvalue weighted by atomic mass is 19.4. The first kappa shape index (κ1) is 23.0. The molecular formula is C20H20F4N6O2. The number of alkyl halides is 3. The molecule has 3 rings (SSSR count). The summed E-state index contributed by atoms with van der Waals surface area (Å²) >= 11 is 0. The quantitative estimate of drug-likeness (QED) is 0.411. The van der Waals surface area contributed by atoms with Gasteiger partial charge in [-0.05, 0) is 36.8 Å². The lowest BCUT2D eigenvalue weighted by molar-refractivity contribution is -0.141. The standard InChI is InChI=1S/C20H20F4N6O2/c1-12-3-2-4-15(18(12)21)30-14(9-16(29-30)20(22,23)24)11-27-19(32)28-13-5-6-17(26-10-13)25-7-8-31/h2-6,9-10,31H,7-8,11H2,1H3,(H,25,26)(H2,27,28,32). The predicted molar refractivity (Wildman–Crippen MR) is 109 cm³/mol. The van der Waals surface area contributed by atoms with Gasteiger partial charge in [-0.15, -0.1) is 0 Å². The molecule has 0 aliphatic heterocycles. The molecule has 12 heteroatoms. The summed E-state index contributed by atoms with van der Waals surface area (Å²) in [6.07, 6.45) is -3.37. The maximum absolute atomic E-state index is 14.5. The van der Waals surface area contributed by atoms with E-state index in [1.54, 1.807) is 12.1 Å². The fourth-order valence-electron chi connectivity index (χ4n) is 2.79. The molecule has 0 saturated carbocycles. The molecule has 0 aliphatic carbocycles. The average molecular weight is 452 g/mol. The molecule has 0 radical (unpaired) electrons. The van der Waals surface area contributed by atoms with Crippen LogP contribution in [-0.2, 0) is 12.7 Å². The van der Waals surface area contributed by atoms with Gasteiger partial charge in [-0.1, -0.05) is 12.1 Å². The van der Waals surface area contributed by atoms with Gasteiger partial charge in [0.05, 0.1) is 30.7 Å². The molecular weight excluding hydrogens is 432 g/mol. The van der Waals surface area contributed by atoms with Crippen molar-refractivity contribution in [2.45, 2.75) is 19.6 Å². The number of carbonyl (C=O) groups is 1. The topological polar surface area (TPSA) is 104 Å². The Hall–Kier alpha value is -3.67. The Morgan fingerprint density at radius 2 is 2.00 bits per heavy atom. The van der Waals surface area contributed by atoms with Crippen LogP contribution in [0.4, 0.5) is 33.9 Å². The van der Waals surface area contributed by atoms with Crippen LogP contribution in [0.2, 0.25) is 0 Å². The van der Waals surface area contributed by atoms with E-state index >= 15 is 0 Å². The van der Waals surface area contributed by atoms with E-state index in [1.165, 1.54) is 31.3 Å². The van der Waals surface area contributed by atoms with Crippen molar-refractivity contribution < 1.29 is 27.5 Å². The van der Waals surface area contributed by atoms with Gasteiger partial charge >= 0.3 is 12.2 Å². The number of nitrogens with zero attached hydrogens (tertiary/aromatic N) is 3. The van der Waals surface area contributed by atoms with E-state index in [2.05, 4.69) is 26.0 Å². The first-order valence-electron chi connectivity index (χ1n) is 9.46. The normalized spacial score (nSPS) is 11.3. The number of urea groups is 1. The molecule has 0 fully saturated rings. The maximum Gasteiger partial charge on any atom is 0.435 e. The second kappa shape index (κ2) is 9.64. The number of hydrogen-bond donors (Lipinski definition) is 4. The lowest BCUT2D eigenvalue weighted by atomic mass is 10.2. The Morgan fingerprint density at radius 3 is 2.66 bits per heavy atom. The number of hydrogen-bond acceptors (Lipinski definition) is 5. The van der Waals surface area contributed by atoms with Crippen LogP contribution >= 0.6 is 0 Å². The first-order valence-corrected chi connectivity index (χ1v) is 9.46. The van der Waals surface area contributed by atoms with Gasteiger partial charge in [-0.2, -0.15) is 18.3 Å². The van der Waals surface area contributed by atoms with Crippen molar-refractivity contribution in [2.24, 2.45) is 0 Å². The summed E-state index contributed by atoms with van der Waals surface area (Å²) in [5.74, 6) is -0.218. The van der Waals surface area contributed by atoms with Gasteiger partial charge in [-0.25, -0.2) is 18.9 Å². The molecule has 0 atom stereocenters. The average Bonchev–Trinajstić information content (AvgIpc) is 3.18. The van der Waals surface area contributed by atoms with Gasteiger partial charge < -0.3 is 21.1 Å². The summed E-state index contributed by atoms with van der Waals surface area (Å²) in [4.78, 5) is 16.2. The van der Waals surface area contributed by atoms with Crippen LogP contribution in [0.25, 0.3) is 5.69 Å². The number of rotatable bonds is 7. The SMILES string of the molecule is Cc1cccc(-n2nc(C(F)(F)F)cc2CNC(=O)Nc2ccc(NCCO)nc2)c1F. The molecule has 32 heavy (non-hydrogen) atoms. The van der Waals surface area contributed by atoms with E-state index in [0.29, 0.717) is 18.1 Å². The number of amides is 2. The lowest BCUT2D eigenvalue weighted by Gasteiger charge is -2.11. The van der Waals surface area contributed by atoms with Crippen LogP contribution in [0.3, 0.4) is 0 Å². The molecule has 0 unspecified atom stereocenters. The number of carbonyl (C=O) groups excluding carboxylic acids is 1. The van der Waals surface area contributed by atoms with Crippen LogP contribution in [0, 0.1) is 12.7 Å². The molecule has 1 aromatic carbocycles. The van der Waals surface area contributed by atoms with Crippen molar-refractivity contribution in [1.82, 2.24) is 20.1 Å². The smallest absolute Gasteiger partial charge is 0.395 e. The molecule has 0 bridgehead atoms. The zero-order valence-corrected chi connectivity index (χ0v) is 16.9. The Morgan fingerprint density at radius 1 is 1.22 bits per heavy atom. The number of aromatic nitrogens is 3. The minimum atomic E-state index is -4.74. The largest absolute Gasteiger partial charge is 0.435 e. The zero-order valence-electron chi connectivity index (χ0n) is 16.9. The highest BCUT2D eigenvalue weighted by molar-refractivity contribution is 5.89. The minimum absolute atomic E-state index is 0.0568. The molecule has 3 aromatic rings. The molecule has 2 amide bonds. The van der Waals surface area contributed by atoms with Crippen LogP contribution in [0.1, 0.15) is 17.0 Å². The molecule has 0 saturated heterocycles. The summed E-state index contributed by atoms with van der Waals surface area (Å²) in [7, 11) is 0. The van der Waals surface area contributed by atoms with Gasteiger partial charge in [-0.3, -0.25) is 0 Å². The number of nitrogens with one attached hydrogen (secondary N) is 3. The third-order valence-electron chi connectivity index (χ3n) is 4.34. The van der Waals surface area contributed by atoms with E-state index in [4.69, 9.17) is 5.11 Å². The van der Waals surface area contributed by atoms with Crippen molar-refractivity contribution >= 4 is 17.5 Å². The van der Waals surface area contributed by atoms with Gasteiger partial charge in [0.15, 0.2) is 11.5 Å². The van der Waals surface area contributed by atoms with Gasteiger partial charge in [0.2, 0.25) is 0 Å². The van der Waals surface area contributed by atoms with Crippen molar-refractivity contribution in [1.29, 1.82) is 0 Å².